The van der Waals surface area contributed by atoms with Crippen molar-refractivity contribution < 1.29 is 18.3 Å². The second kappa shape index (κ2) is 16.8. The molecule has 1 N–H and O–H groups in total. The molecule has 0 bridgehead atoms. The average molecular weight is 272 g/mol. The third-order valence-electron chi connectivity index (χ3n) is 2.31. The summed E-state index contributed by atoms with van der Waals surface area (Å²) in [6.45, 7) is 9.42. The Morgan fingerprint density at radius 3 is 1.56 bits per heavy atom. The molecule has 0 rings (SSSR count). The molecule has 0 radical (unpaired) electrons. The molecule has 4 heteroatoms. The first kappa shape index (κ1) is 22.9. The lowest BCUT2D eigenvalue weighted by molar-refractivity contribution is -0.171. The number of halogens is 3. The van der Waals surface area contributed by atoms with Gasteiger partial charge in [-0.3, -0.25) is 0 Å². The van der Waals surface area contributed by atoms with Crippen LogP contribution in [0, 0.1) is 5.92 Å². The fourth-order valence-corrected chi connectivity index (χ4v) is 1.06. The zero-order valence-corrected chi connectivity index (χ0v) is 12.6. The van der Waals surface area contributed by atoms with Crippen LogP contribution in [-0.4, -0.2) is 17.9 Å². The van der Waals surface area contributed by atoms with Crippen molar-refractivity contribution in [2.75, 3.05) is 6.61 Å². The normalized spacial score (nSPS) is 11.8. The highest BCUT2D eigenvalue weighted by molar-refractivity contribution is 4.61. The molecule has 0 saturated carbocycles. The van der Waals surface area contributed by atoms with Gasteiger partial charge < -0.3 is 5.11 Å². The van der Waals surface area contributed by atoms with Gasteiger partial charge in [0.25, 0.3) is 0 Å². The van der Waals surface area contributed by atoms with Gasteiger partial charge in [-0.05, 0) is 12.8 Å². The summed E-state index contributed by atoms with van der Waals surface area (Å²) in [6.07, 6.45) is 1.67. The number of aliphatic hydroxyl groups is 1. The van der Waals surface area contributed by atoms with Crippen LogP contribution in [0.2, 0.25) is 0 Å². The van der Waals surface area contributed by atoms with E-state index >= 15 is 0 Å². The second-order valence-electron chi connectivity index (χ2n) is 4.02. The minimum Gasteiger partial charge on any atom is -0.396 e. The van der Waals surface area contributed by atoms with Gasteiger partial charge in [-0.25, -0.2) is 0 Å². The van der Waals surface area contributed by atoms with E-state index in [4.69, 9.17) is 5.11 Å². The van der Waals surface area contributed by atoms with Crippen molar-refractivity contribution >= 4 is 0 Å². The Balaban J connectivity index is -0.000000241. The van der Waals surface area contributed by atoms with Gasteiger partial charge in [-0.1, -0.05) is 60.3 Å². The lowest BCUT2D eigenvalue weighted by Crippen LogP contribution is -2.19. The first-order valence-corrected chi connectivity index (χ1v) is 7.07. The van der Waals surface area contributed by atoms with Crippen LogP contribution < -0.4 is 0 Å². The van der Waals surface area contributed by atoms with E-state index in [9.17, 15) is 13.2 Å². The smallest absolute Gasteiger partial charge is 0.391 e. The molecule has 0 aliphatic heterocycles. The Kier molecular flexibility index (Phi) is 21.3. The van der Waals surface area contributed by atoms with Gasteiger partial charge in [0.05, 0.1) is 5.92 Å². The highest BCUT2D eigenvalue weighted by Gasteiger charge is 2.34. The molecule has 0 aromatic rings. The van der Waals surface area contributed by atoms with Crippen LogP contribution in [0.25, 0.3) is 0 Å². The van der Waals surface area contributed by atoms with E-state index in [1.807, 2.05) is 13.8 Å². The van der Waals surface area contributed by atoms with Gasteiger partial charge in [-0.15, -0.1) is 0 Å². The molecule has 0 aromatic carbocycles. The van der Waals surface area contributed by atoms with Gasteiger partial charge in [0, 0.05) is 6.61 Å². The van der Waals surface area contributed by atoms with E-state index in [-0.39, 0.29) is 19.4 Å². The molecule has 1 atom stereocenters. The maximum atomic E-state index is 11.7. The van der Waals surface area contributed by atoms with Crippen molar-refractivity contribution in [3.63, 3.8) is 0 Å². The summed E-state index contributed by atoms with van der Waals surface area (Å²) in [5.74, 6) is -1.29. The van der Waals surface area contributed by atoms with Crippen molar-refractivity contribution in [2.24, 2.45) is 5.92 Å². The first-order valence-electron chi connectivity index (χ1n) is 7.07. The van der Waals surface area contributed by atoms with E-state index < -0.39 is 12.1 Å². The van der Waals surface area contributed by atoms with Gasteiger partial charge in [-0.2, -0.15) is 13.2 Å². The third kappa shape index (κ3) is 21.1. The van der Waals surface area contributed by atoms with Crippen LogP contribution in [-0.2, 0) is 0 Å². The molecule has 0 spiro atoms. The molecule has 18 heavy (non-hydrogen) atoms. The highest BCUT2D eigenvalue weighted by Crippen LogP contribution is 2.28. The number of alkyl halides is 3. The zero-order chi connectivity index (χ0) is 15.0. The molecular formula is C14H31F3O. The van der Waals surface area contributed by atoms with E-state index in [0.717, 1.165) is 6.92 Å². The molecule has 0 aromatic heterocycles. The summed E-state index contributed by atoms with van der Waals surface area (Å²) in [4.78, 5) is 0. The summed E-state index contributed by atoms with van der Waals surface area (Å²) in [5, 5.41) is 8.21. The van der Waals surface area contributed by atoms with Crippen molar-refractivity contribution in [3.05, 3.63) is 0 Å². The number of unbranched alkanes of at least 4 members (excludes halogenated alkanes) is 3. The summed E-state index contributed by atoms with van der Waals surface area (Å²) in [5.41, 5.74) is 0. The SMILES string of the molecule is CC.CC(CCCO)C(F)(F)F.CCCCCC. The minimum atomic E-state index is -4.10. The Morgan fingerprint density at radius 2 is 1.33 bits per heavy atom. The molecule has 1 nitrogen and oxygen atoms in total. The quantitative estimate of drug-likeness (QED) is 0.627. The molecule has 0 fully saturated rings. The van der Waals surface area contributed by atoms with E-state index in [2.05, 4.69) is 13.8 Å². The third-order valence-corrected chi connectivity index (χ3v) is 2.31. The largest absolute Gasteiger partial charge is 0.396 e. The maximum absolute atomic E-state index is 11.7. The van der Waals surface area contributed by atoms with Gasteiger partial charge >= 0.3 is 6.18 Å². The lowest BCUT2D eigenvalue weighted by Gasteiger charge is -2.13. The van der Waals surface area contributed by atoms with Crippen LogP contribution in [0.4, 0.5) is 13.2 Å². The molecule has 0 aliphatic rings. The fraction of sp³-hybridized carbons (Fsp3) is 1.00. The predicted molar refractivity (Wildman–Crippen MR) is 72.7 cm³/mol. The molecule has 0 saturated heterocycles. The van der Waals surface area contributed by atoms with Crippen LogP contribution in [0.5, 0.6) is 0 Å². The van der Waals surface area contributed by atoms with Gasteiger partial charge in [0.15, 0.2) is 0 Å². The number of aliphatic hydroxyl groups excluding tert-OH is 1. The highest BCUT2D eigenvalue weighted by atomic mass is 19.4. The molecule has 0 heterocycles. The standard InChI is InChI=1S/C6H11F3O.C6H14.C2H6/c1-5(3-2-4-10)6(7,8)9;1-3-5-6-4-2;1-2/h5,10H,2-4H2,1H3;3-6H2,1-2H3;1-2H3. The Hall–Kier alpha value is -0.250. The molecule has 0 aliphatic carbocycles. The number of rotatable bonds is 6. The van der Waals surface area contributed by atoms with Gasteiger partial charge in [0.1, 0.15) is 0 Å². The Labute approximate surface area is 111 Å². The summed E-state index contributed by atoms with van der Waals surface area (Å²) >= 11 is 0. The minimum absolute atomic E-state index is 0.0139. The Bertz CT molecular complexity index is 131. The molecule has 1 unspecified atom stereocenters. The fourth-order valence-electron chi connectivity index (χ4n) is 1.06. The monoisotopic (exact) mass is 272 g/mol. The summed E-state index contributed by atoms with van der Waals surface area (Å²) in [6, 6.07) is 0. The number of hydrogen-bond acceptors (Lipinski definition) is 1. The molecule has 0 amide bonds. The maximum Gasteiger partial charge on any atom is 0.391 e. The first-order chi connectivity index (χ1) is 8.40. The number of hydrogen-bond donors (Lipinski definition) is 1. The second-order valence-corrected chi connectivity index (χ2v) is 4.02. The van der Waals surface area contributed by atoms with E-state index in [1.165, 1.54) is 25.7 Å². The predicted octanol–water partition coefficient (Wildman–Crippen LogP) is 5.57. The Morgan fingerprint density at radius 1 is 0.944 bits per heavy atom. The topological polar surface area (TPSA) is 20.2 Å². The van der Waals surface area contributed by atoms with Crippen LogP contribution in [0.1, 0.15) is 73.1 Å². The van der Waals surface area contributed by atoms with E-state index in [1.54, 1.807) is 0 Å². The van der Waals surface area contributed by atoms with Crippen LogP contribution in [0.3, 0.4) is 0 Å². The van der Waals surface area contributed by atoms with Gasteiger partial charge in [0.2, 0.25) is 0 Å². The van der Waals surface area contributed by atoms with Crippen molar-refractivity contribution in [3.8, 4) is 0 Å². The van der Waals surface area contributed by atoms with Crippen molar-refractivity contribution in [1.82, 2.24) is 0 Å². The lowest BCUT2D eigenvalue weighted by atomic mass is 10.1. The van der Waals surface area contributed by atoms with E-state index in [0.29, 0.717) is 0 Å². The van der Waals surface area contributed by atoms with Crippen molar-refractivity contribution in [2.45, 2.75) is 79.3 Å². The van der Waals surface area contributed by atoms with Crippen molar-refractivity contribution in [1.29, 1.82) is 0 Å². The van der Waals surface area contributed by atoms with Crippen LogP contribution in [0.15, 0.2) is 0 Å². The summed E-state index contributed by atoms with van der Waals surface area (Å²) in [7, 11) is 0. The van der Waals surface area contributed by atoms with Crippen LogP contribution >= 0.6 is 0 Å². The molecule has 114 valence electrons. The summed E-state index contributed by atoms with van der Waals surface area (Å²) < 4.78 is 35.1. The molecular weight excluding hydrogens is 241 g/mol. The zero-order valence-electron chi connectivity index (χ0n) is 12.6. The average Bonchev–Trinajstić information content (AvgIpc) is 2.35.